The second-order valence-corrected chi connectivity index (χ2v) is 9.66. The van der Waals surface area contributed by atoms with Gasteiger partial charge in [-0.05, 0) is 106 Å². The molecule has 0 unspecified atom stereocenters. The van der Waals surface area contributed by atoms with Gasteiger partial charge in [-0.1, -0.05) is 17.7 Å². The molecule has 0 spiro atoms. The number of hydrogen-bond donors (Lipinski definition) is 0. The zero-order valence-corrected chi connectivity index (χ0v) is 21.4. The number of hydrogen-bond acceptors (Lipinski definition) is 6. The number of thioether (sulfide) groups is 1. The fraction of sp³-hybridized carbons (Fsp3) is 0.150. The minimum atomic E-state index is -0.442. The molecule has 1 aliphatic rings. The summed E-state index contributed by atoms with van der Waals surface area (Å²) in [5, 5.41) is 0.0605. The van der Waals surface area contributed by atoms with Crippen molar-refractivity contribution >= 4 is 97.4 Å². The van der Waals surface area contributed by atoms with Gasteiger partial charge in [0.05, 0.1) is 24.3 Å². The Morgan fingerprint density at radius 1 is 1.20 bits per heavy atom. The summed E-state index contributed by atoms with van der Waals surface area (Å²) in [6.45, 7) is 1.84. The number of amides is 2. The van der Waals surface area contributed by atoms with E-state index in [9.17, 15) is 14.4 Å². The number of carbonyl (C=O) groups is 3. The Morgan fingerprint density at radius 3 is 2.53 bits per heavy atom. The third-order valence-corrected chi connectivity index (χ3v) is 6.53. The highest BCUT2D eigenvalue weighted by Crippen LogP contribution is 2.37. The smallest absolute Gasteiger partial charge is 0.344 e. The van der Waals surface area contributed by atoms with Crippen LogP contribution >= 0.6 is 68.5 Å². The minimum absolute atomic E-state index is 0.183. The van der Waals surface area contributed by atoms with Crippen LogP contribution in [-0.2, 0) is 14.3 Å². The standard InChI is InChI=1S/C20H14ClI2NO5S/c1-2-28-17(25)10-29-18-14(22)6-11(7-15(18)23)8-16-19(26)24(20(27)30-16)13-5-3-4-12(21)9-13/h3-9H,2,10H2,1H3/b16-8+. The van der Waals surface area contributed by atoms with E-state index in [2.05, 4.69) is 45.2 Å². The monoisotopic (exact) mass is 669 g/mol. The van der Waals surface area contributed by atoms with Gasteiger partial charge in [0.1, 0.15) is 5.75 Å². The molecule has 6 nitrogen and oxygen atoms in total. The maximum atomic E-state index is 12.8. The van der Waals surface area contributed by atoms with Crippen LogP contribution in [0.2, 0.25) is 5.02 Å². The number of ether oxygens (including phenoxy) is 2. The van der Waals surface area contributed by atoms with E-state index in [-0.39, 0.29) is 11.8 Å². The Hall–Kier alpha value is -1.31. The predicted molar refractivity (Wildman–Crippen MR) is 134 cm³/mol. The normalized spacial score (nSPS) is 15.1. The van der Waals surface area contributed by atoms with Crippen LogP contribution in [0.5, 0.6) is 5.75 Å². The number of rotatable bonds is 6. The summed E-state index contributed by atoms with van der Waals surface area (Å²) >= 11 is 11.1. The van der Waals surface area contributed by atoms with E-state index in [4.69, 9.17) is 21.1 Å². The molecule has 2 amide bonds. The first-order valence-corrected chi connectivity index (χ1v) is 12.0. The van der Waals surface area contributed by atoms with Crippen molar-refractivity contribution in [3.8, 4) is 5.75 Å². The van der Waals surface area contributed by atoms with Crippen molar-refractivity contribution in [2.45, 2.75) is 6.92 Å². The zero-order valence-electron chi connectivity index (χ0n) is 15.5. The van der Waals surface area contributed by atoms with Gasteiger partial charge in [0.15, 0.2) is 6.61 Å². The third kappa shape index (κ3) is 5.48. The van der Waals surface area contributed by atoms with Gasteiger partial charge in [-0.3, -0.25) is 9.59 Å². The van der Waals surface area contributed by atoms with E-state index in [1.54, 1.807) is 37.3 Å². The first kappa shape index (κ1) is 23.4. The van der Waals surface area contributed by atoms with E-state index >= 15 is 0 Å². The van der Waals surface area contributed by atoms with Crippen molar-refractivity contribution in [1.82, 2.24) is 0 Å². The Labute approximate surface area is 209 Å². The van der Waals surface area contributed by atoms with Crippen LogP contribution in [0, 0.1) is 7.14 Å². The molecule has 0 radical (unpaired) electrons. The largest absolute Gasteiger partial charge is 0.480 e. The molecule has 156 valence electrons. The summed E-state index contributed by atoms with van der Waals surface area (Å²) in [6.07, 6.45) is 1.66. The van der Waals surface area contributed by atoms with Crippen molar-refractivity contribution in [3.63, 3.8) is 0 Å². The van der Waals surface area contributed by atoms with Crippen molar-refractivity contribution in [1.29, 1.82) is 0 Å². The average Bonchev–Trinajstić information content (AvgIpc) is 2.94. The lowest BCUT2D eigenvalue weighted by Crippen LogP contribution is -2.27. The van der Waals surface area contributed by atoms with Gasteiger partial charge in [0.25, 0.3) is 11.1 Å². The Morgan fingerprint density at radius 2 is 1.90 bits per heavy atom. The molecule has 0 atom stereocenters. The van der Waals surface area contributed by atoms with Crippen LogP contribution < -0.4 is 9.64 Å². The summed E-state index contributed by atoms with van der Waals surface area (Å²) in [5.74, 6) is -0.281. The van der Waals surface area contributed by atoms with E-state index in [0.717, 1.165) is 29.4 Å². The second kappa shape index (κ2) is 10.3. The van der Waals surface area contributed by atoms with Crippen LogP contribution in [0.3, 0.4) is 0 Å². The molecular formula is C20H14ClI2NO5S. The topological polar surface area (TPSA) is 72.9 Å². The number of esters is 1. The summed E-state index contributed by atoms with van der Waals surface area (Å²) in [6, 6.07) is 10.2. The van der Waals surface area contributed by atoms with E-state index in [1.807, 2.05) is 12.1 Å². The molecule has 0 N–H and O–H groups in total. The van der Waals surface area contributed by atoms with Crippen LogP contribution in [0.4, 0.5) is 10.5 Å². The first-order valence-electron chi connectivity index (χ1n) is 8.61. The summed E-state index contributed by atoms with van der Waals surface area (Å²) in [7, 11) is 0. The number of anilines is 1. The molecule has 10 heteroatoms. The molecule has 0 aliphatic carbocycles. The molecule has 0 bridgehead atoms. The molecule has 2 aromatic rings. The minimum Gasteiger partial charge on any atom is -0.480 e. The number of halogens is 3. The molecular weight excluding hydrogens is 656 g/mol. The van der Waals surface area contributed by atoms with E-state index in [1.165, 1.54) is 0 Å². The first-order chi connectivity index (χ1) is 14.3. The lowest BCUT2D eigenvalue weighted by atomic mass is 10.2. The van der Waals surface area contributed by atoms with Gasteiger partial charge in [0.2, 0.25) is 0 Å². The van der Waals surface area contributed by atoms with Gasteiger partial charge in [-0.15, -0.1) is 0 Å². The van der Waals surface area contributed by atoms with Crippen molar-refractivity contribution in [2.75, 3.05) is 18.1 Å². The van der Waals surface area contributed by atoms with Crippen LogP contribution in [-0.4, -0.2) is 30.3 Å². The predicted octanol–water partition coefficient (Wildman–Crippen LogP) is 5.73. The molecule has 1 fully saturated rings. The van der Waals surface area contributed by atoms with Crippen LogP contribution in [0.1, 0.15) is 12.5 Å². The molecule has 1 aliphatic heterocycles. The number of benzene rings is 2. The van der Waals surface area contributed by atoms with Crippen molar-refractivity contribution in [2.24, 2.45) is 0 Å². The fourth-order valence-electron chi connectivity index (χ4n) is 2.59. The van der Waals surface area contributed by atoms with E-state index in [0.29, 0.717) is 28.0 Å². The van der Waals surface area contributed by atoms with Gasteiger partial charge in [-0.2, -0.15) is 0 Å². The van der Waals surface area contributed by atoms with E-state index < -0.39 is 11.9 Å². The van der Waals surface area contributed by atoms with Crippen molar-refractivity contribution in [3.05, 3.63) is 59.0 Å². The van der Waals surface area contributed by atoms with Crippen LogP contribution in [0.15, 0.2) is 41.3 Å². The summed E-state index contributed by atoms with van der Waals surface area (Å²) in [4.78, 5) is 38.1. The third-order valence-electron chi connectivity index (χ3n) is 3.82. The number of imide groups is 1. The SMILES string of the molecule is CCOC(=O)COc1c(I)cc(/C=C2/SC(=O)N(c3cccc(Cl)c3)C2=O)cc1I. The summed E-state index contributed by atoms with van der Waals surface area (Å²) in [5.41, 5.74) is 1.17. The molecule has 1 saturated heterocycles. The lowest BCUT2D eigenvalue weighted by Gasteiger charge is -2.12. The fourth-order valence-corrected chi connectivity index (χ4v) is 5.74. The molecule has 30 heavy (non-hydrogen) atoms. The highest BCUT2D eigenvalue weighted by atomic mass is 127. The van der Waals surface area contributed by atoms with Gasteiger partial charge in [-0.25, -0.2) is 9.69 Å². The second-order valence-electron chi connectivity index (χ2n) is 5.90. The number of carbonyl (C=O) groups excluding carboxylic acids is 3. The highest BCUT2D eigenvalue weighted by molar-refractivity contribution is 14.1. The Balaban J connectivity index is 1.82. The quantitative estimate of drug-likeness (QED) is 0.222. The van der Waals surface area contributed by atoms with Gasteiger partial charge in [0, 0.05) is 5.02 Å². The van der Waals surface area contributed by atoms with Crippen LogP contribution in [0.25, 0.3) is 6.08 Å². The van der Waals surface area contributed by atoms with Gasteiger partial charge >= 0.3 is 5.97 Å². The van der Waals surface area contributed by atoms with Crippen molar-refractivity contribution < 1.29 is 23.9 Å². The number of nitrogens with zero attached hydrogens (tertiary/aromatic N) is 1. The highest BCUT2D eigenvalue weighted by Gasteiger charge is 2.36. The maximum absolute atomic E-state index is 12.8. The average molecular weight is 670 g/mol. The Kier molecular flexibility index (Phi) is 8.04. The zero-order chi connectivity index (χ0) is 21.8. The molecule has 0 aromatic heterocycles. The molecule has 2 aromatic carbocycles. The van der Waals surface area contributed by atoms with Gasteiger partial charge < -0.3 is 9.47 Å². The lowest BCUT2D eigenvalue weighted by molar-refractivity contribution is -0.145. The molecule has 0 saturated carbocycles. The maximum Gasteiger partial charge on any atom is 0.344 e. The molecule has 3 rings (SSSR count). The summed E-state index contributed by atoms with van der Waals surface area (Å²) < 4.78 is 12.0. The Bertz CT molecular complexity index is 1040. The molecule has 1 heterocycles.